The summed E-state index contributed by atoms with van der Waals surface area (Å²) in [4.78, 5) is 11.3. The number of carbonyl (C=O) groups excluding carboxylic acids is 1. The van der Waals surface area contributed by atoms with E-state index in [0.717, 1.165) is 25.0 Å². The van der Waals surface area contributed by atoms with Crippen LogP contribution in [0.2, 0.25) is 0 Å². The molecule has 1 aliphatic rings. The van der Waals surface area contributed by atoms with Crippen molar-refractivity contribution in [3.63, 3.8) is 0 Å². The van der Waals surface area contributed by atoms with Gasteiger partial charge in [0.05, 0.1) is 5.56 Å². The molecule has 1 N–H and O–H groups in total. The first-order valence-corrected chi connectivity index (χ1v) is 8.95. The van der Waals surface area contributed by atoms with E-state index in [-0.39, 0.29) is 15.5 Å². The Morgan fingerprint density at radius 1 is 1.50 bits per heavy atom. The zero-order chi connectivity index (χ0) is 15.1. The Balaban J connectivity index is 2.28. The van der Waals surface area contributed by atoms with Crippen molar-refractivity contribution >= 4 is 41.6 Å². The van der Waals surface area contributed by atoms with Gasteiger partial charge in [0.15, 0.2) is 0 Å². The summed E-state index contributed by atoms with van der Waals surface area (Å²) in [6.45, 7) is 2.54. The highest BCUT2D eigenvalue weighted by Gasteiger charge is 2.37. The van der Waals surface area contributed by atoms with E-state index < -0.39 is 25.7 Å². The quantitative estimate of drug-likeness (QED) is 0.812. The fraction of sp³-hybridized carbons (Fsp3) is 0.417. The van der Waals surface area contributed by atoms with Crippen LogP contribution in [-0.2, 0) is 9.05 Å². The SMILES string of the molecule is CC1(CNC(=O)c2cc(S(=O)(=O)Cl)c(F)cc2Br)CC1. The molecule has 1 fully saturated rings. The molecule has 1 amide bonds. The third-order valence-electron chi connectivity index (χ3n) is 3.31. The maximum Gasteiger partial charge on any atom is 0.264 e. The number of carbonyl (C=O) groups is 1. The van der Waals surface area contributed by atoms with E-state index in [0.29, 0.717) is 6.54 Å². The first-order chi connectivity index (χ1) is 9.12. The van der Waals surface area contributed by atoms with Gasteiger partial charge in [-0.15, -0.1) is 0 Å². The fourth-order valence-electron chi connectivity index (χ4n) is 1.67. The van der Waals surface area contributed by atoms with E-state index in [4.69, 9.17) is 10.7 Å². The van der Waals surface area contributed by atoms with Gasteiger partial charge in [-0.1, -0.05) is 6.92 Å². The molecule has 2 rings (SSSR count). The predicted octanol–water partition coefficient (Wildman–Crippen LogP) is 3.05. The number of hydrogen-bond acceptors (Lipinski definition) is 3. The minimum atomic E-state index is -4.24. The van der Waals surface area contributed by atoms with Crippen molar-refractivity contribution in [2.75, 3.05) is 6.54 Å². The molecule has 0 aromatic heterocycles. The first-order valence-electron chi connectivity index (χ1n) is 5.84. The monoisotopic (exact) mass is 383 g/mol. The van der Waals surface area contributed by atoms with Crippen molar-refractivity contribution in [2.45, 2.75) is 24.7 Å². The van der Waals surface area contributed by atoms with Gasteiger partial charge in [0.25, 0.3) is 15.0 Å². The van der Waals surface area contributed by atoms with Crippen LogP contribution in [0.15, 0.2) is 21.5 Å². The maximum atomic E-state index is 13.5. The van der Waals surface area contributed by atoms with E-state index >= 15 is 0 Å². The second-order valence-corrected chi connectivity index (χ2v) is 8.58. The molecule has 0 radical (unpaired) electrons. The van der Waals surface area contributed by atoms with Crippen LogP contribution in [0.3, 0.4) is 0 Å². The standard InChI is InChI=1S/C12H12BrClFNO3S/c1-12(2-3-12)6-16-11(17)7-4-10(20(14,18)19)9(15)5-8(7)13/h4-5H,2-3,6H2,1H3,(H,16,17). The zero-order valence-corrected chi connectivity index (χ0v) is 13.7. The van der Waals surface area contributed by atoms with Crippen LogP contribution in [0.5, 0.6) is 0 Å². The molecule has 20 heavy (non-hydrogen) atoms. The van der Waals surface area contributed by atoms with Crippen molar-refractivity contribution in [1.82, 2.24) is 5.32 Å². The molecule has 0 aliphatic heterocycles. The minimum absolute atomic E-state index is 0.0369. The molecule has 0 atom stereocenters. The van der Waals surface area contributed by atoms with Gasteiger partial charge in [-0.3, -0.25) is 4.79 Å². The van der Waals surface area contributed by atoms with E-state index in [9.17, 15) is 17.6 Å². The van der Waals surface area contributed by atoms with E-state index in [2.05, 4.69) is 21.2 Å². The van der Waals surface area contributed by atoms with Crippen LogP contribution >= 0.6 is 26.6 Å². The normalized spacial score (nSPS) is 16.8. The van der Waals surface area contributed by atoms with E-state index in [1.165, 1.54) is 0 Å². The molecular weight excluding hydrogens is 373 g/mol. The van der Waals surface area contributed by atoms with Gasteiger partial charge >= 0.3 is 0 Å². The molecule has 0 bridgehead atoms. The largest absolute Gasteiger partial charge is 0.351 e. The Morgan fingerprint density at radius 3 is 2.60 bits per heavy atom. The van der Waals surface area contributed by atoms with Crippen LogP contribution in [0, 0.1) is 11.2 Å². The van der Waals surface area contributed by atoms with Crippen LogP contribution in [0.1, 0.15) is 30.1 Å². The zero-order valence-electron chi connectivity index (χ0n) is 10.5. The van der Waals surface area contributed by atoms with Crippen molar-refractivity contribution in [1.29, 1.82) is 0 Å². The molecule has 0 heterocycles. The van der Waals surface area contributed by atoms with Gasteiger partial charge < -0.3 is 5.32 Å². The fourth-order valence-corrected chi connectivity index (χ4v) is 3.07. The number of benzene rings is 1. The molecule has 0 saturated heterocycles. The lowest BCUT2D eigenvalue weighted by Crippen LogP contribution is -2.29. The highest BCUT2D eigenvalue weighted by molar-refractivity contribution is 9.10. The second kappa shape index (κ2) is 5.27. The third kappa shape index (κ3) is 3.51. The predicted molar refractivity (Wildman–Crippen MR) is 76.8 cm³/mol. The minimum Gasteiger partial charge on any atom is -0.351 e. The van der Waals surface area contributed by atoms with Crippen molar-refractivity contribution in [3.05, 3.63) is 28.0 Å². The average Bonchev–Trinajstić information content (AvgIpc) is 3.03. The molecular formula is C12H12BrClFNO3S. The smallest absolute Gasteiger partial charge is 0.264 e. The Hall–Kier alpha value is -0.660. The molecule has 1 saturated carbocycles. The molecule has 0 unspecified atom stereocenters. The topological polar surface area (TPSA) is 63.2 Å². The highest BCUT2D eigenvalue weighted by atomic mass is 79.9. The summed E-state index contributed by atoms with van der Waals surface area (Å²) < 4.78 is 36.2. The summed E-state index contributed by atoms with van der Waals surface area (Å²) in [6, 6.07) is 1.86. The Bertz CT molecular complexity index is 674. The maximum absolute atomic E-state index is 13.5. The Morgan fingerprint density at radius 2 is 2.10 bits per heavy atom. The summed E-state index contributed by atoms with van der Waals surface area (Å²) in [5.74, 6) is -1.47. The molecule has 4 nitrogen and oxygen atoms in total. The lowest BCUT2D eigenvalue weighted by Gasteiger charge is -2.12. The number of hydrogen-bond donors (Lipinski definition) is 1. The Labute approximate surface area is 129 Å². The molecule has 1 aliphatic carbocycles. The van der Waals surface area contributed by atoms with Crippen LogP contribution in [-0.4, -0.2) is 20.9 Å². The number of amides is 1. The highest BCUT2D eigenvalue weighted by Crippen LogP contribution is 2.44. The Kier molecular flexibility index (Phi) is 4.15. The van der Waals surface area contributed by atoms with Crippen LogP contribution in [0.4, 0.5) is 4.39 Å². The summed E-state index contributed by atoms with van der Waals surface area (Å²) in [7, 11) is 0.897. The summed E-state index contributed by atoms with van der Waals surface area (Å²) in [5, 5.41) is 2.71. The second-order valence-electron chi connectivity index (χ2n) is 5.19. The molecule has 1 aromatic carbocycles. The van der Waals surface area contributed by atoms with E-state index in [1.54, 1.807) is 0 Å². The molecule has 8 heteroatoms. The van der Waals surface area contributed by atoms with Gasteiger partial charge in [0.2, 0.25) is 0 Å². The number of nitrogens with one attached hydrogen (secondary N) is 1. The average molecular weight is 385 g/mol. The van der Waals surface area contributed by atoms with Crippen molar-refractivity contribution in [2.24, 2.45) is 5.41 Å². The summed E-state index contributed by atoms with van der Waals surface area (Å²) in [5.41, 5.74) is 0.152. The van der Waals surface area contributed by atoms with Gasteiger partial charge in [-0.05, 0) is 46.3 Å². The third-order valence-corrected chi connectivity index (χ3v) is 5.30. The lowest BCUT2D eigenvalue weighted by atomic mass is 10.1. The summed E-state index contributed by atoms with van der Waals surface area (Å²) >= 11 is 3.05. The lowest BCUT2D eigenvalue weighted by molar-refractivity contribution is 0.0945. The van der Waals surface area contributed by atoms with Crippen molar-refractivity contribution in [3.8, 4) is 0 Å². The van der Waals surface area contributed by atoms with Crippen molar-refractivity contribution < 1.29 is 17.6 Å². The summed E-state index contributed by atoms with van der Waals surface area (Å²) in [6.07, 6.45) is 2.08. The first kappa shape index (κ1) is 15.7. The van der Waals surface area contributed by atoms with Crippen LogP contribution < -0.4 is 5.32 Å². The molecule has 1 aromatic rings. The van der Waals surface area contributed by atoms with Crippen LogP contribution in [0.25, 0.3) is 0 Å². The van der Waals surface area contributed by atoms with Gasteiger partial charge in [-0.2, -0.15) is 0 Å². The molecule has 110 valence electrons. The van der Waals surface area contributed by atoms with Gasteiger partial charge in [-0.25, -0.2) is 12.8 Å². The van der Waals surface area contributed by atoms with E-state index in [1.807, 2.05) is 6.92 Å². The number of halogens is 3. The number of rotatable bonds is 4. The van der Waals surface area contributed by atoms with Gasteiger partial charge in [0.1, 0.15) is 10.7 Å². The molecule has 0 spiro atoms. The van der Waals surface area contributed by atoms with Gasteiger partial charge in [0, 0.05) is 21.7 Å².